The van der Waals surface area contributed by atoms with Crippen LogP contribution in [0.5, 0.6) is 0 Å². The molecule has 2 aliphatic carbocycles. The van der Waals surface area contributed by atoms with Gasteiger partial charge in [-0.15, -0.1) is 0 Å². The molecule has 0 unspecified atom stereocenters. The first-order valence-corrected chi connectivity index (χ1v) is 12.3. The highest BCUT2D eigenvalue weighted by atomic mass is 16.5. The number of allylic oxidation sites excluding steroid dienone is 1. The number of ether oxygens (including phenoxy) is 2. The lowest BCUT2D eigenvalue weighted by atomic mass is 9.45. The van der Waals surface area contributed by atoms with E-state index in [1.807, 2.05) is 26.8 Å². The average molecular weight is 465 g/mol. The third-order valence-electron chi connectivity index (χ3n) is 8.25. The summed E-state index contributed by atoms with van der Waals surface area (Å²) in [6.07, 6.45) is 4.94. The smallest absolute Gasteiger partial charge is 0.308 e. The Bertz CT molecular complexity index is 758. The molecule has 0 aliphatic heterocycles. The number of hydrogen-bond donors (Lipinski definition) is 2. The number of carbonyl (C=O) groups excluding carboxylic acids is 2. The summed E-state index contributed by atoms with van der Waals surface area (Å²) in [6, 6.07) is 0. The van der Waals surface area contributed by atoms with E-state index in [4.69, 9.17) is 9.47 Å². The summed E-state index contributed by atoms with van der Waals surface area (Å²) < 4.78 is 10.7. The first-order valence-electron chi connectivity index (χ1n) is 12.3. The largest absolute Gasteiger partial charge is 0.465 e. The molecule has 2 aliphatic rings. The molecule has 2 fully saturated rings. The average Bonchev–Trinajstić information content (AvgIpc) is 2.73. The van der Waals surface area contributed by atoms with Gasteiger partial charge in [-0.2, -0.15) is 0 Å². The molecule has 2 N–H and O–H groups in total. The summed E-state index contributed by atoms with van der Waals surface area (Å²) in [7, 11) is 0. The fourth-order valence-electron chi connectivity index (χ4n) is 6.16. The van der Waals surface area contributed by atoms with Gasteiger partial charge >= 0.3 is 11.9 Å². The molecule has 0 aromatic carbocycles. The van der Waals surface area contributed by atoms with E-state index < -0.39 is 17.6 Å². The molecule has 6 nitrogen and oxygen atoms in total. The molecular formula is C27H44O6. The van der Waals surface area contributed by atoms with Crippen molar-refractivity contribution in [1.82, 2.24) is 0 Å². The standard InChI is InChI=1S/C27H44O6/c1-8-18(3)25(31)32-12-11-17(2)9-10-22-19(4)23(30)13-24-26(6,16-33-20(5)28)14-21(29)15-27(22,24)7/h11,18,21-24,29-30H,4,8-10,12-16H2,1-3,5-7H3/b17-11+/t18-,21+,22-,23-,24-,26+,27+/m0/s1. The molecule has 0 aromatic heterocycles. The number of fused-ring (bicyclic) bond motifs is 1. The lowest BCUT2D eigenvalue weighted by Gasteiger charge is -2.60. The lowest BCUT2D eigenvalue weighted by Crippen LogP contribution is -2.58. The number of aliphatic hydroxyl groups is 2. The van der Waals surface area contributed by atoms with E-state index in [1.54, 1.807) is 0 Å². The van der Waals surface area contributed by atoms with Gasteiger partial charge in [-0.25, -0.2) is 0 Å². The molecule has 0 radical (unpaired) electrons. The van der Waals surface area contributed by atoms with E-state index in [2.05, 4.69) is 20.4 Å². The molecule has 188 valence electrons. The van der Waals surface area contributed by atoms with Crippen molar-refractivity contribution in [3.05, 3.63) is 23.8 Å². The van der Waals surface area contributed by atoms with Gasteiger partial charge in [-0.05, 0) is 74.3 Å². The first kappa shape index (κ1) is 27.6. The van der Waals surface area contributed by atoms with Crippen molar-refractivity contribution in [3.63, 3.8) is 0 Å². The predicted molar refractivity (Wildman–Crippen MR) is 128 cm³/mol. The summed E-state index contributed by atoms with van der Waals surface area (Å²) >= 11 is 0. The van der Waals surface area contributed by atoms with Gasteiger partial charge in [0, 0.05) is 12.3 Å². The van der Waals surface area contributed by atoms with Crippen molar-refractivity contribution in [2.45, 2.75) is 92.3 Å². The Labute approximate surface area is 199 Å². The van der Waals surface area contributed by atoms with Crippen molar-refractivity contribution < 1.29 is 29.3 Å². The molecular weight excluding hydrogens is 420 g/mol. The molecule has 0 amide bonds. The highest BCUT2D eigenvalue weighted by Gasteiger charge is 2.58. The minimum absolute atomic E-state index is 0.0314. The Kier molecular flexibility index (Phi) is 9.34. The van der Waals surface area contributed by atoms with Crippen LogP contribution in [0.1, 0.15) is 80.1 Å². The van der Waals surface area contributed by atoms with Crippen LogP contribution in [0.4, 0.5) is 0 Å². The third-order valence-corrected chi connectivity index (χ3v) is 8.25. The van der Waals surface area contributed by atoms with Crippen LogP contribution in [-0.2, 0) is 19.1 Å². The molecule has 6 heteroatoms. The maximum absolute atomic E-state index is 11.9. The van der Waals surface area contributed by atoms with Gasteiger partial charge in [0.1, 0.15) is 6.61 Å². The second-order valence-electron chi connectivity index (χ2n) is 11.0. The quantitative estimate of drug-likeness (QED) is 0.383. The van der Waals surface area contributed by atoms with Gasteiger partial charge in [0.2, 0.25) is 0 Å². The number of rotatable bonds is 9. The zero-order valence-electron chi connectivity index (χ0n) is 21.4. The number of hydrogen-bond acceptors (Lipinski definition) is 6. The Morgan fingerprint density at radius 2 is 1.88 bits per heavy atom. The Balaban J connectivity index is 2.15. The van der Waals surface area contributed by atoms with Gasteiger partial charge in [-0.3, -0.25) is 9.59 Å². The van der Waals surface area contributed by atoms with E-state index in [0.717, 1.165) is 30.4 Å². The molecule has 33 heavy (non-hydrogen) atoms. The zero-order chi connectivity index (χ0) is 25.0. The highest BCUT2D eigenvalue weighted by Crippen LogP contribution is 2.62. The molecule has 0 bridgehead atoms. The maximum atomic E-state index is 11.9. The lowest BCUT2D eigenvalue weighted by molar-refractivity contribution is -0.167. The van der Waals surface area contributed by atoms with E-state index >= 15 is 0 Å². The van der Waals surface area contributed by atoms with Gasteiger partial charge in [-0.1, -0.05) is 39.8 Å². The monoisotopic (exact) mass is 464 g/mol. The summed E-state index contributed by atoms with van der Waals surface area (Å²) in [5.41, 5.74) is 1.28. The Morgan fingerprint density at radius 3 is 2.48 bits per heavy atom. The molecule has 0 aromatic rings. The van der Waals surface area contributed by atoms with E-state index in [0.29, 0.717) is 19.3 Å². The van der Waals surface area contributed by atoms with E-state index in [1.165, 1.54) is 6.92 Å². The number of esters is 2. The van der Waals surface area contributed by atoms with Crippen LogP contribution in [0.25, 0.3) is 0 Å². The van der Waals surface area contributed by atoms with Crippen LogP contribution in [0.2, 0.25) is 0 Å². The van der Waals surface area contributed by atoms with Gasteiger partial charge in [0.05, 0.1) is 24.7 Å². The normalized spacial score (nSPS) is 35.5. The zero-order valence-corrected chi connectivity index (χ0v) is 21.4. The van der Waals surface area contributed by atoms with Crippen LogP contribution in [0.15, 0.2) is 23.8 Å². The molecule has 2 rings (SSSR count). The molecule has 7 atom stereocenters. The minimum atomic E-state index is -0.610. The summed E-state index contributed by atoms with van der Waals surface area (Å²) in [4.78, 5) is 23.4. The first-order chi connectivity index (χ1) is 15.3. The van der Waals surface area contributed by atoms with Gasteiger partial charge in [0.15, 0.2) is 0 Å². The highest BCUT2D eigenvalue weighted by molar-refractivity contribution is 5.71. The van der Waals surface area contributed by atoms with E-state index in [-0.39, 0.29) is 48.3 Å². The van der Waals surface area contributed by atoms with E-state index in [9.17, 15) is 19.8 Å². The fourth-order valence-corrected chi connectivity index (χ4v) is 6.16. The summed E-state index contributed by atoms with van der Waals surface area (Å²) in [6.45, 7) is 16.3. The fraction of sp³-hybridized carbons (Fsp3) is 0.778. The van der Waals surface area contributed by atoms with Crippen LogP contribution >= 0.6 is 0 Å². The van der Waals surface area contributed by atoms with Crippen molar-refractivity contribution >= 4 is 11.9 Å². The van der Waals surface area contributed by atoms with Crippen molar-refractivity contribution in [2.24, 2.45) is 28.6 Å². The van der Waals surface area contributed by atoms with Crippen LogP contribution in [0.3, 0.4) is 0 Å². The Morgan fingerprint density at radius 1 is 1.21 bits per heavy atom. The second-order valence-corrected chi connectivity index (χ2v) is 11.0. The topological polar surface area (TPSA) is 93.1 Å². The second kappa shape index (κ2) is 11.2. The molecule has 0 saturated heterocycles. The van der Waals surface area contributed by atoms with Gasteiger partial charge < -0.3 is 19.7 Å². The predicted octanol–water partition coefficient (Wildman–Crippen LogP) is 4.59. The van der Waals surface area contributed by atoms with Crippen molar-refractivity contribution in [2.75, 3.05) is 13.2 Å². The summed E-state index contributed by atoms with van der Waals surface area (Å²) in [5.74, 6) is -0.474. The third kappa shape index (κ3) is 6.48. The number of carbonyl (C=O) groups is 2. The van der Waals surface area contributed by atoms with Crippen molar-refractivity contribution in [3.8, 4) is 0 Å². The van der Waals surface area contributed by atoms with Crippen molar-refractivity contribution in [1.29, 1.82) is 0 Å². The molecule has 0 spiro atoms. The SMILES string of the molecule is C=C1[C@@H](O)C[C@H]2[C@@](C)(COC(C)=O)C[C@@H](O)C[C@]2(C)[C@H]1CC/C(C)=C/COC(=O)[C@@H](C)CC. The molecule has 0 heterocycles. The number of aliphatic hydroxyl groups excluding tert-OH is 2. The maximum Gasteiger partial charge on any atom is 0.308 e. The summed E-state index contributed by atoms with van der Waals surface area (Å²) in [5, 5.41) is 21.7. The van der Waals surface area contributed by atoms with Crippen LogP contribution < -0.4 is 0 Å². The van der Waals surface area contributed by atoms with Crippen LogP contribution in [0, 0.1) is 28.6 Å². The molecule has 2 saturated carbocycles. The Hall–Kier alpha value is -1.66. The van der Waals surface area contributed by atoms with Crippen LogP contribution in [-0.4, -0.2) is 47.6 Å². The minimum Gasteiger partial charge on any atom is -0.465 e. The van der Waals surface area contributed by atoms with Gasteiger partial charge in [0.25, 0.3) is 0 Å².